The first-order valence-corrected chi connectivity index (χ1v) is 6.47. The van der Waals surface area contributed by atoms with Crippen molar-refractivity contribution in [3.05, 3.63) is 65.7 Å². The smallest absolute Gasteiger partial charge is 0.137 e. The van der Waals surface area contributed by atoms with E-state index in [1.807, 2.05) is 42.5 Å². The van der Waals surface area contributed by atoms with Crippen LogP contribution in [0.4, 0.5) is 0 Å². The summed E-state index contributed by atoms with van der Waals surface area (Å²) in [4.78, 5) is 12.0. The van der Waals surface area contributed by atoms with Gasteiger partial charge in [-0.25, -0.2) is 0 Å². The van der Waals surface area contributed by atoms with E-state index in [2.05, 4.69) is 12.1 Å². The van der Waals surface area contributed by atoms with Crippen molar-refractivity contribution < 1.29 is 9.53 Å². The van der Waals surface area contributed by atoms with Crippen LogP contribution >= 0.6 is 0 Å². The standard InChI is InChI=1S/C17H18O2/c1-19-17-10-6-5-9-15(17)13-16(18)12-11-14-7-3-2-4-8-14/h2-10H,11-13H2,1H3. The van der Waals surface area contributed by atoms with Crippen LogP contribution in [0, 0.1) is 0 Å². The van der Waals surface area contributed by atoms with Crippen LogP contribution in [0.5, 0.6) is 5.75 Å². The Hall–Kier alpha value is -2.09. The first kappa shape index (κ1) is 13.3. The maximum absolute atomic E-state index is 12.0. The van der Waals surface area contributed by atoms with Gasteiger partial charge in [-0.15, -0.1) is 0 Å². The molecule has 2 rings (SSSR count). The fourth-order valence-electron chi connectivity index (χ4n) is 2.08. The van der Waals surface area contributed by atoms with Crippen LogP contribution in [0.3, 0.4) is 0 Å². The van der Waals surface area contributed by atoms with Gasteiger partial charge in [0.1, 0.15) is 11.5 Å². The molecule has 98 valence electrons. The molecule has 0 heterocycles. The maximum atomic E-state index is 12.0. The predicted molar refractivity (Wildman–Crippen MR) is 76.5 cm³/mol. The molecule has 0 aromatic heterocycles. The summed E-state index contributed by atoms with van der Waals surface area (Å²) >= 11 is 0. The Balaban J connectivity index is 1.91. The third-order valence-corrected chi connectivity index (χ3v) is 3.12. The number of hydrogen-bond acceptors (Lipinski definition) is 2. The minimum atomic E-state index is 0.244. The third kappa shape index (κ3) is 3.95. The van der Waals surface area contributed by atoms with Gasteiger partial charge in [0.05, 0.1) is 7.11 Å². The minimum Gasteiger partial charge on any atom is -0.496 e. The zero-order valence-electron chi connectivity index (χ0n) is 11.1. The van der Waals surface area contributed by atoms with E-state index in [1.54, 1.807) is 7.11 Å². The Morgan fingerprint density at radius 3 is 2.42 bits per heavy atom. The second-order valence-corrected chi connectivity index (χ2v) is 4.51. The topological polar surface area (TPSA) is 26.3 Å². The third-order valence-electron chi connectivity index (χ3n) is 3.12. The lowest BCUT2D eigenvalue weighted by atomic mass is 10.0. The molecule has 0 aliphatic heterocycles. The Labute approximate surface area is 114 Å². The van der Waals surface area contributed by atoms with Crippen LogP contribution in [-0.4, -0.2) is 12.9 Å². The molecule has 0 N–H and O–H groups in total. The molecule has 0 spiro atoms. The SMILES string of the molecule is COc1ccccc1CC(=O)CCc1ccccc1. The van der Waals surface area contributed by atoms with Gasteiger partial charge in [-0.3, -0.25) is 4.79 Å². The molecule has 0 bridgehead atoms. The van der Waals surface area contributed by atoms with Gasteiger partial charge in [0.15, 0.2) is 0 Å². The van der Waals surface area contributed by atoms with Crippen molar-refractivity contribution in [1.29, 1.82) is 0 Å². The molecule has 2 nitrogen and oxygen atoms in total. The Kier molecular flexibility index (Phi) is 4.73. The number of carbonyl (C=O) groups excluding carboxylic acids is 1. The van der Waals surface area contributed by atoms with Gasteiger partial charge in [0.25, 0.3) is 0 Å². The molecule has 19 heavy (non-hydrogen) atoms. The fourth-order valence-corrected chi connectivity index (χ4v) is 2.08. The summed E-state index contributed by atoms with van der Waals surface area (Å²) in [6.45, 7) is 0. The van der Waals surface area contributed by atoms with Crippen molar-refractivity contribution >= 4 is 5.78 Å². The van der Waals surface area contributed by atoms with E-state index >= 15 is 0 Å². The molecule has 2 heteroatoms. The van der Waals surface area contributed by atoms with E-state index in [-0.39, 0.29) is 5.78 Å². The molecule has 0 unspecified atom stereocenters. The van der Waals surface area contributed by atoms with Gasteiger partial charge >= 0.3 is 0 Å². The molecule has 0 atom stereocenters. The number of carbonyl (C=O) groups is 1. The number of ketones is 1. The van der Waals surface area contributed by atoms with Gasteiger partial charge in [-0.2, -0.15) is 0 Å². The molecule has 0 saturated heterocycles. The Morgan fingerprint density at radius 1 is 1.00 bits per heavy atom. The van der Waals surface area contributed by atoms with E-state index in [4.69, 9.17) is 4.74 Å². The average Bonchev–Trinajstić information content (AvgIpc) is 2.47. The lowest BCUT2D eigenvalue weighted by molar-refractivity contribution is -0.118. The molecule has 0 aliphatic carbocycles. The second kappa shape index (κ2) is 6.74. The number of rotatable bonds is 6. The largest absolute Gasteiger partial charge is 0.496 e. The molecule has 0 aliphatic rings. The number of Topliss-reactive ketones (excluding diaryl/α,β-unsaturated/α-hetero) is 1. The first-order valence-electron chi connectivity index (χ1n) is 6.47. The summed E-state index contributed by atoms with van der Waals surface area (Å²) in [7, 11) is 1.63. The highest BCUT2D eigenvalue weighted by atomic mass is 16.5. The van der Waals surface area contributed by atoms with Gasteiger partial charge in [0, 0.05) is 18.4 Å². The summed E-state index contributed by atoms with van der Waals surface area (Å²) in [5.41, 5.74) is 2.17. The van der Waals surface area contributed by atoms with E-state index in [0.29, 0.717) is 12.8 Å². The first-order chi connectivity index (χ1) is 9.29. The highest BCUT2D eigenvalue weighted by Gasteiger charge is 2.08. The van der Waals surface area contributed by atoms with Crippen molar-refractivity contribution in [2.45, 2.75) is 19.3 Å². The molecule has 0 fully saturated rings. The van der Waals surface area contributed by atoms with E-state index in [1.165, 1.54) is 5.56 Å². The predicted octanol–water partition coefficient (Wildman–Crippen LogP) is 3.44. The van der Waals surface area contributed by atoms with Crippen molar-refractivity contribution in [3.63, 3.8) is 0 Å². The zero-order valence-corrected chi connectivity index (χ0v) is 11.1. The number of hydrogen-bond donors (Lipinski definition) is 0. The number of benzene rings is 2. The highest BCUT2D eigenvalue weighted by Crippen LogP contribution is 2.18. The summed E-state index contributed by atoms with van der Waals surface area (Å²) < 4.78 is 5.26. The van der Waals surface area contributed by atoms with E-state index < -0.39 is 0 Å². The number of aryl methyl sites for hydroxylation is 1. The van der Waals surface area contributed by atoms with E-state index in [9.17, 15) is 4.79 Å². The maximum Gasteiger partial charge on any atom is 0.137 e. The van der Waals surface area contributed by atoms with Gasteiger partial charge in [-0.05, 0) is 18.1 Å². The summed E-state index contributed by atoms with van der Waals surface area (Å²) in [6, 6.07) is 17.8. The van der Waals surface area contributed by atoms with Crippen molar-refractivity contribution in [3.8, 4) is 5.75 Å². The number of para-hydroxylation sites is 1. The molecule has 2 aromatic carbocycles. The normalized spacial score (nSPS) is 10.2. The van der Waals surface area contributed by atoms with Gasteiger partial charge in [-0.1, -0.05) is 48.5 Å². The van der Waals surface area contributed by atoms with Crippen molar-refractivity contribution in [2.75, 3.05) is 7.11 Å². The molecule has 0 saturated carbocycles. The Bertz CT molecular complexity index is 532. The summed E-state index contributed by atoms with van der Waals surface area (Å²) in [5, 5.41) is 0. The lowest BCUT2D eigenvalue weighted by Gasteiger charge is -2.07. The Morgan fingerprint density at radius 2 is 1.68 bits per heavy atom. The average molecular weight is 254 g/mol. The quantitative estimate of drug-likeness (QED) is 0.789. The van der Waals surface area contributed by atoms with Crippen LogP contribution < -0.4 is 4.74 Å². The summed E-state index contributed by atoms with van der Waals surface area (Å²) in [5.74, 6) is 1.03. The number of ether oxygens (including phenoxy) is 1. The van der Waals surface area contributed by atoms with Crippen LogP contribution in [0.25, 0.3) is 0 Å². The van der Waals surface area contributed by atoms with Crippen molar-refractivity contribution in [2.24, 2.45) is 0 Å². The molecule has 2 aromatic rings. The fraction of sp³-hybridized carbons (Fsp3) is 0.235. The second-order valence-electron chi connectivity index (χ2n) is 4.51. The van der Waals surface area contributed by atoms with Crippen LogP contribution in [0.1, 0.15) is 17.5 Å². The van der Waals surface area contributed by atoms with Gasteiger partial charge < -0.3 is 4.74 Å². The van der Waals surface area contributed by atoms with Crippen molar-refractivity contribution in [1.82, 2.24) is 0 Å². The summed E-state index contributed by atoms with van der Waals surface area (Å²) in [6.07, 6.45) is 1.81. The molecule has 0 radical (unpaired) electrons. The lowest BCUT2D eigenvalue weighted by Crippen LogP contribution is -2.05. The van der Waals surface area contributed by atoms with E-state index in [0.717, 1.165) is 17.7 Å². The monoisotopic (exact) mass is 254 g/mol. The van der Waals surface area contributed by atoms with Crippen LogP contribution in [0.15, 0.2) is 54.6 Å². The van der Waals surface area contributed by atoms with Crippen LogP contribution in [-0.2, 0) is 17.6 Å². The van der Waals surface area contributed by atoms with Gasteiger partial charge in [0.2, 0.25) is 0 Å². The van der Waals surface area contributed by atoms with Crippen LogP contribution in [0.2, 0.25) is 0 Å². The highest BCUT2D eigenvalue weighted by molar-refractivity contribution is 5.81. The zero-order chi connectivity index (χ0) is 13.5. The molecular weight excluding hydrogens is 236 g/mol. The minimum absolute atomic E-state index is 0.244. The molecular formula is C17H18O2. The molecule has 0 amide bonds. The number of methoxy groups -OCH3 is 1.